The molecular formula is C14H19IN2O2. The van der Waals surface area contributed by atoms with Gasteiger partial charge in [0, 0.05) is 16.2 Å². The van der Waals surface area contributed by atoms with E-state index in [0.717, 1.165) is 16.4 Å². The Labute approximate surface area is 126 Å². The number of nitrogens with two attached hydrogens (primary N) is 1. The Morgan fingerprint density at radius 1 is 1.47 bits per heavy atom. The third-order valence-electron chi connectivity index (χ3n) is 3.74. The predicted octanol–water partition coefficient (Wildman–Crippen LogP) is 2.24. The highest BCUT2D eigenvalue weighted by molar-refractivity contribution is 14.1. The Kier molecular flexibility index (Phi) is 5.04. The number of aromatic hydroxyl groups is 1. The van der Waals surface area contributed by atoms with Crippen LogP contribution in [0.5, 0.6) is 5.75 Å². The topological polar surface area (TPSA) is 75.3 Å². The molecule has 0 saturated heterocycles. The fourth-order valence-corrected chi connectivity index (χ4v) is 3.16. The molecule has 4 nitrogen and oxygen atoms in total. The largest absolute Gasteiger partial charge is 0.507 e. The predicted molar refractivity (Wildman–Crippen MR) is 83.1 cm³/mol. The second kappa shape index (κ2) is 6.56. The van der Waals surface area contributed by atoms with Crippen LogP contribution in [-0.4, -0.2) is 23.6 Å². The van der Waals surface area contributed by atoms with E-state index in [4.69, 9.17) is 5.73 Å². The molecule has 1 amide bonds. The first-order chi connectivity index (χ1) is 9.11. The molecule has 0 aliphatic heterocycles. The van der Waals surface area contributed by atoms with Crippen LogP contribution in [0.15, 0.2) is 18.2 Å². The molecule has 2 rings (SSSR count). The summed E-state index contributed by atoms with van der Waals surface area (Å²) in [5.74, 6) is 0.248. The average Bonchev–Trinajstić information content (AvgIpc) is 2.92. The van der Waals surface area contributed by atoms with Gasteiger partial charge >= 0.3 is 0 Å². The van der Waals surface area contributed by atoms with E-state index in [1.165, 1.54) is 12.8 Å². The monoisotopic (exact) mass is 374 g/mol. The standard InChI is InChI=1S/C14H19IN2O2/c15-10-5-6-13(18)11(7-10)14(19)17-12(8-16)9-3-1-2-4-9/h5-7,9,12,18H,1-4,8,16H2,(H,17,19). The first-order valence-electron chi connectivity index (χ1n) is 6.61. The number of amides is 1. The van der Waals surface area contributed by atoms with Gasteiger partial charge in [-0.1, -0.05) is 12.8 Å². The van der Waals surface area contributed by atoms with Crippen molar-refractivity contribution in [1.29, 1.82) is 0 Å². The number of halogens is 1. The Balaban J connectivity index is 2.08. The third-order valence-corrected chi connectivity index (χ3v) is 4.41. The zero-order chi connectivity index (χ0) is 13.8. The molecule has 1 aromatic rings. The molecule has 0 radical (unpaired) electrons. The van der Waals surface area contributed by atoms with E-state index < -0.39 is 0 Å². The van der Waals surface area contributed by atoms with Gasteiger partial charge < -0.3 is 16.2 Å². The van der Waals surface area contributed by atoms with Gasteiger partial charge in [0.05, 0.1) is 5.56 Å². The SMILES string of the molecule is NCC(NC(=O)c1cc(I)ccc1O)C1CCCC1. The van der Waals surface area contributed by atoms with E-state index in [0.29, 0.717) is 18.0 Å². The number of nitrogens with one attached hydrogen (secondary N) is 1. The molecule has 0 aromatic heterocycles. The van der Waals surface area contributed by atoms with Gasteiger partial charge in [-0.15, -0.1) is 0 Å². The molecule has 1 unspecified atom stereocenters. The molecule has 0 bridgehead atoms. The van der Waals surface area contributed by atoms with Crippen molar-refractivity contribution in [3.05, 3.63) is 27.3 Å². The number of phenols is 1. The maximum absolute atomic E-state index is 12.2. The number of benzene rings is 1. The lowest BCUT2D eigenvalue weighted by Gasteiger charge is -2.23. The molecule has 1 aromatic carbocycles. The first-order valence-corrected chi connectivity index (χ1v) is 7.69. The fraction of sp³-hybridized carbons (Fsp3) is 0.500. The Bertz CT molecular complexity index is 459. The molecule has 104 valence electrons. The maximum Gasteiger partial charge on any atom is 0.255 e. The van der Waals surface area contributed by atoms with Crippen molar-refractivity contribution in [2.75, 3.05) is 6.54 Å². The first kappa shape index (κ1) is 14.6. The highest BCUT2D eigenvalue weighted by atomic mass is 127. The van der Waals surface area contributed by atoms with Crippen LogP contribution in [0.1, 0.15) is 36.0 Å². The highest BCUT2D eigenvalue weighted by Crippen LogP contribution is 2.28. The minimum absolute atomic E-state index is 0.00673. The van der Waals surface area contributed by atoms with E-state index in [2.05, 4.69) is 27.9 Å². The normalized spacial score (nSPS) is 17.4. The van der Waals surface area contributed by atoms with Crippen LogP contribution >= 0.6 is 22.6 Å². The summed E-state index contributed by atoms with van der Waals surface area (Å²) in [7, 11) is 0. The molecular weight excluding hydrogens is 355 g/mol. The van der Waals surface area contributed by atoms with Crippen LogP contribution in [0.3, 0.4) is 0 Å². The number of hydrogen-bond donors (Lipinski definition) is 3. The summed E-state index contributed by atoms with van der Waals surface area (Å²) in [6.07, 6.45) is 4.68. The number of hydrogen-bond acceptors (Lipinski definition) is 3. The van der Waals surface area contributed by atoms with E-state index >= 15 is 0 Å². The summed E-state index contributed by atoms with van der Waals surface area (Å²) in [4.78, 5) is 12.2. The van der Waals surface area contributed by atoms with Crippen LogP contribution in [-0.2, 0) is 0 Å². The average molecular weight is 374 g/mol. The summed E-state index contributed by atoms with van der Waals surface area (Å²) in [5.41, 5.74) is 6.09. The highest BCUT2D eigenvalue weighted by Gasteiger charge is 2.26. The fourth-order valence-electron chi connectivity index (χ4n) is 2.67. The molecule has 1 aliphatic rings. The van der Waals surface area contributed by atoms with Crippen LogP contribution < -0.4 is 11.1 Å². The Hall–Kier alpha value is -0.820. The molecule has 0 heterocycles. The number of phenolic OH excluding ortho intramolecular Hbond substituents is 1. The molecule has 5 heteroatoms. The summed E-state index contributed by atoms with van der Waals surface area (Å²) in [6, 6.07) is 5.01. The van der Waals surface area contributed by atoms with Crippen LogP contribution in [0.4, 0.5) is 0 Å². The summed E-state index contributed by atoms with van der Waals surface area (Å²) in [5, 5.41) is 12.7. The zero-order valence-corrected chi connectivity index (χ0v) is 12.9. The lowest BCUT2D eigenvalue weighted by atomic mass is 9.98. The molecule has 1 saturated carbocycles. The van der Waals surface area contributed by atoms with Crippen molar-refractivity contribution >= 4 is 28.5 Å². The van der Waals surface area contributed by atoms with Gasteiger partial charge in [-0.25, -0.2) is 0 Å². The van der Waals surface area contributed by atoms with E-state index in [-0.39, 0.29) is 17.7 Å². The number of rotatable bonds is 4. The lowest BCUT2D eigenvalue weighted by molar-refractivity contribution is 0.0921. The Morgan fingerprint density at radius 2 is 2.16 bits per heavy atom. The minimum atomic E-state index is -0.238. The molecule has 1 aliphatic carbocycles. The van der Waals surface area contributed by atoms with Gasteiger partial charge in [0.25, 0.3) is 5.91 Å². The quantitative estimate of drug-likeness (QED) is 0.708. The second-order valence-electron chi connectivity index (χ2n) is 5.02. The van der Waals surface area contributed by atoms with Crippen molar-refractivity contribution in [2.45, 2.75) is 31.7 Å². The maximum atomic E-state index is 12.2. The van der Waals surface area contributed by atoms with Crippen molar-refractivity contribution < 1.29 is 9.90 Å². The Morgan fingerprint density at radius 3 is 2.79 bits per heavy atom. The van der Waals surface area contributed by atoms with Crippen molar-refractivity contribution in [3.63, 3.8) is 0 Å². The van der Waals surface area contributed by atoms with Crippen LogP contribution in [0.25, 0.3) is 0 Å². The molecule has 0 spiro atoms. The zero-order valence-electron chi connectivity index (χ0n) is 10.7. The van der Waals surface area contributed by atoms with E-state index in [1.807, 2.05) is 0 Å². The molecule has 4 N–H and O–H groups in total. The van der Waals surface area contributed by atoms with Gasteiger partial charge in [0.15, 0.2) is 0 Å². The molecule has 1 fully saturated rings. The van der Waals surface area contributed by atoms with Gasteiger partial charge in [0.1, 0.15) is 5.75 Å². The van der Waals surface area contributed by atoms with Gasteiger partial charge in [-0.2, -0.15) is 0 Å². The number of carbonyl (C=O) groups excluding carboxylic acids is 1. The smallest absolute Gasteiger partial charge is 0.255 e. The van der Waals surface area contributed by atoms with E-state index in [1.54, 1.807) is 18.2 Å². The third kappa shape index (κ3) is 3.60. The van der Waals surface area contributed by atoms with Gasteiger partial charge in [0.2, 0.25) is 0 Å². The van der Waals surface area contributed by atoms with Crippen molar-refractivity contribution in [3.8, 4) is 5.75 Å². The molecule has 1 atom stereocenters. The van der Waals surface area contributed by atoms with Crippen molar-refractivity contribution in [2.24, 2.45) is 11.7 Å². The van der Waals surface area contributed by atoms with Gasteiger partial charge in [-0.05, 0) is 59.5 Å². The lowest BCUT2D eigenvalue weighted by Crippen LogP contribution is -2.44. The van der Waals surface area contributed by atoms with Crippen LogP contribution in [0, 0.1) is 9.49 Å². The number of carbonyl (C=O) groups is 1. The van der Waals surface area contributed by atoms with Gasteiger partial charge in [-0.3, -0.25) is 4.79 Å². The summed E-state index contributed by atoms with van der Waals surface area (Å²) >= 11 is 2.12. The minimum Gasteiger partial charge on any atom is -0.507 e. The van der Waals surface area contributed by atoms with Crippen LogP contribution in [0.2, 0.25) is 0 Å². The molecule has 19 heavy (non-hydrogen) atoms. The summed E-state index contributed by atoms with van der Waals surface area (Å²) < 4.78 is 0.922. The van der Waals surface area contributed by atoms with E-state index in [9.17, 15) is 9.90 Å². The van der Waals surface area contributed by atoms with Crippen molar-refractivity contribution in [1.82, 2.24) is 5.32 Å². The second-order valence-corrected chi connectivity index (χ2v) is 6.27. The summed E-state index contributed by atoms with van der Waals surface area (Å²) in [6.45, 7) is 0.446.